The molecule has 0 aromatic carbocycles. The van der Waals surface area contributed by atoms with Crippen LogP contribution in [0.3, 0.4) is 0 Å². The summed E-state index contributed by atoms with van der Waals surface area (Å²) < 4.78 is 10.7. The van der Waals surface area contributed by atoms with Gasteiger partial charge in [0.1, 0.15) is 0 Å². The predicted molar refractivity (Wildman–Crippen MR) is 74.6 cm³/mol. The molecule has 0 spiro atoms. The minimum atomic E-state index is 0.565. The van der Waals surface area contributed by atoms with Gasteiger partial charge >= 0.3 is 0 Å². The molecule has 0 amide bonds. The highest BCUT2D eigenvalue weighted by Crippen LogP contribution is 2.19. The summed E-state index contributed by atoms with van der Waals surface area (Å²) in [6, 6.07) is 0. The number of aryl methyl sites for hydroxylation is 1. The van der Waals surface area contributed by atoms with E-state index in [2.05, 4.69) is 25.0 Å². The Morgan fingerprint density at radius 1 is 1.33 bits per heavy atom. The van der Waals surface area contributed by atoms with Gasteiger partial charge < -0.3 is 9.26 Å². The molecule has 0 unspecified atom stereocenters. The van der Waals surface area contributed by atoms with Gasteiger partial charge in [0.05, 0.1) is 19.3 Å². The fourth-order valence-corrected chi connectivity index (χ4v) is 2.48. The molecule has 1 fully saturated rings. The second-order valence-electron chi connectivity index (χ2n) is 5.30. The Kier molecular flexibility index (Phi) is 4.40. The van der Waals surface area contributed by atoms with Crippen molar-refractivity contribution in [3.8, 4) is 5.88 Å². The van der Waals surface area contributed by atoms with Gasteiger partial charge in [-0.3, -0.25) is 9.88 Å². The zero-order valence-electron chi connectivity index (χ0n) is 12.1. The monoisotopic (exact) mass is 289 g/mol. The highest BCUT2D eigenvalue weighted by molar-refractivity contribution is 5.01. The third-order valence-electron chi connectivity index (χ3n) is 3.65. The number of likely N-dealkylation sites (tertiary alicyclic amines) is 1. The molecule has 7 nitrogen and oxygen atoms in total. The van der Waals surface area contributed by atoms with Crippen molar-refractivity contribution < 1.29 is 9.26 Å². The van der Waals surface area contributed by atoms with Gasteiger partial charge in [0.25, 0.3) is 0 Å². The van der Waals surface area contributed by atoms with Crippen molar-refractivity contribution in [1.29, 1.82) is 0 Å². The predicted octanol–water partition coefficient (Wildman–Crippen LogP) is 1.46. The summed E-state index contributed by atoms with van der Waals surface area (Å²) in [6.45, 7) is 5.33. The van der Waals surface area contributed by atoms with Gasteiger partial charge in [-0.2, -0.15) is 4.98 Å². The largest absolute Gasteiger partial charge is 0.476 e. The minimum Gasteiger partial charge on any atom is -0.476 e. The van der Waals surface area contributed by atoms with Crippen molar-refractivity contribution >= 4 is 0 Å². The van der Waals surface area contributed by atoms with Gasteiger partial charge in [-0.15, -0.1) is 0 Å². The molecule has 2 aromatic heterocycles. The molecule has 0 bridgehead atoms. The first kappa shape index (κ1) is 13.9. The van der Waals surface area contributed by atoms with Crippen molar-refractivity contribution in [2.45, 2.75) is 26.3 Å². The highest BCUT2D eigenvalue weighted by Gasteiger charge is 2.21. The van der Waals surface area contributed by atoms with Gasteiger partial charge in [0.2, 0.25) is 11.8 Å². The molecule has 0 aliphatic carbocycles. The van der Waals surface area contributed by atoms with Crippen molar-refractivity contribution in [1.82, 2.24) is 25.0 Å². The van der Waals surface area contributed by atoms with Gasteiger partial charge in [0, 0.05) is 19.3 Å². The minimum absolute atomic E-state index is 0.565. The molecule has 1 aliphatic rings. The highest BCUT2D eigenvalue weighted by atomic mass is 16.5. The van der Waals surface area contributed by atoms with Gasteiger partial charge in [-0.25, -0.2) is 4.98 Å². The van der Waals surface area contributed by atoms with Crippen LogP contribution in [0.15, 0.2) is 23.1 Å². The molecule has 1 saturated heterocycles. The summed E-state index contributed by atoms with van der Waals surface area (Å²) in [5, 5.41) is 3.94. The molecule has 0 N–H and O–H groups in total. The Bertz CT molecular complexity index is 552. The second-order valence-corrected chi connectivity index (χ2v) is 5.30. The van der Waals surface area contributed by atoms with Crippen LogP contribution in [-0.4, -0.2) is 44.7 Å². The summed E-state index contributed by atoms with van der Waals surface area (Å²) in [4.78, 5) is 14.7. The third-order valence-corrected chi connectivity index (χ3v) is 3.65. The lowest BCUT2D eigenvalue weighted by atomic mass is 9.98. The molecule has 0 radical (unpaired) electrons. The van der Waals surface area contributed by atoms with Crippen LogP contribution in [-0.2, 0) is 6.54 Å². The van der Waals surface area contributed by atoms with E-state index in [1.807, 2.05) is 6.92 Å². The average molecular weight is 289 g/mol. The number of ether oxygens (including phenoxy) is 1. The lowest BCUT2D eigenvalue weighted by molar-refractivity contribution is 0.131. The van der Waals surface area contributed by atoms with E-state index in [9.17, 15) is 0 Å². The first-order valence-corrected chi connectivity index (χ1v) is 7.20. The zero-order chi connectivity index (χ0) is 14.5. The second kappa shape index (κ2) is 6.62. The zero-order valence-corrected chi connectivity index (χ0v) is 12.1. The summed E-state index contributed by atoms with van der Waals surface area (Å²) >= 11 is 0. The van der Waals surface area contributed by atoms with Crippen LogP contribution >= 0.6 is 0 Å². The topological polar surface area (TPSA) is 77.2 Å². The fourth-order valence-electron chi connectivity index (χ4n) is 2.48. The lowest BCUT2D eigenvalue weighted by Crippen LogP contribution is -2.35. The summed E-state index contributed by atoms with van der Waals surface area (Å²) in [7, 11) is 0. The standard InChI is InChI=1S/C14H19N5O2/c1-11-17-13(18-21-11)9-19-6-2-12(3-7-19)10-20-14-8-15-4-5-16-14/h4-5,8,12H,2-3,6-7,9-10H2,1H3. The maximum atomic E-state index is 5.67. The summed E-state index contributed by atoms with van der Waals surface area (Å²) in [6.07, 6.45) is 7.15. The summed E-state index contributed by atoms with van der Waals surface area (Å²) in [5.41, 5.74) is 0. The number of piperidine rings is 1. The molecule has 7 heteroatoms. The molecule has 112 valence electrons. The van der Waals surface area contributed by atoms with Crippen LogP contribution in [0.5, 0.6) is 5.88 Å². The Labute approximate surface area is 123 Å². The van der Waals surface area contributed by atoms with Crippen LogP contribution in [0.25, 0.3) is 0 Å². The molecular weight excluding hydrogens is 270 g/mol. The number of nitrogens with zero attached hydrogens (tertiary/aromatic N) is 5. The Balaban J connectivity index is 1.40. The smallest absolute Gasteiger partial charge is 0.232 e. The van der Waals surface area contributed by atoms with E-state index >= 15 is 0 Å². The number of aromatic nitrogens is 4. The number of rotatable bonds is 5. The fraction of sp³-hybridized carbons (Fsp3) is 0.571. The summed E-state index contributed by atoms with van der Waals surface area (Å²) in [5.74, 6) is 2.55. The van der Waals surface area contributed by atoms with Crippen LogP contribution in [0.1, 0.15) is 24.6 Å². The van der Waals surface area contributed by atoms with E-state index in [0.29, 0.717) is 24.3 Å². The quantitative estimate of drug-likeness (QED) is 0.824. The van der Waals surface area contributed by atoms with Crippen molar-refractivity contribution in [3.05, 3.63) is 30.3 Å². The van der Waals surface area contributed by atoms with Gasteiger partial charge in [0.15, 0.2) is 5.82 Å². The number of hydrogen-bond acceptors (Lipinski definition) is 7. The molecular formula is C14H19N5O2. The molecule has 3 rings (SSSR count). The van der Waals surface area contributed by atoms with E-state index in [1.165, 1.54) is 0 Å². The van der Waals surface area contributed by atoms with E-state index in [1.54, 1.807) is 18.6 Å². The van der Waals surface area contributed by atoms with Crippen molar-refractivity contribution in [2.75, 3.05) is 19.7 Å². The van der Waals surface area contributed by atoms with Gasteiger partial charge in [-0.05, 0) is 31.8 Å². The maximum Gasteiger partial charge on any atom is 0.232 e. The molecule has 21 heavy (non-hydrogen) atoms. The van der Waals surface area contributed by atoms with E-state index in [4.69, 9.17) is 9.26 Å². The van der Waals surface area contributed by atoms with Crippen molar-refractivity contribution in [2.24, 2.45) is 5.92 Å². The van der Waals surface area contributed by atoms with Crippen LogP contribution in [0.2, 0.25) is 0 Å². The van der Waals surface area contributed by atoms with Crippen LogP contribution < -0.4 is 4.74 Å². The molecule has 0 atom stereocenters. The molecule has 0 saturated carbocycles. The van der Waals surface area contributed by atoms with Crippen LogP contribution in [0, 0.1) is 12.8 Å². The first-order chi connectivity index (χ1) is 10.3. The lowest BCUT2D eigenvalue weighted by Gasteiger charge is -2.30. The van der Waals surface area contributed by atoms with E-state index < -0.39 is 0 Å². The van der Waals surface area contributed by atoms with E-state index in [0.717, 1.165) is 38.3 Å². The van der Waals surface area contributed by atoms with Crippen LogP contribution in [0.4, 0.5) is 0 Å². The Hall–Kier alpha value is -2.02. The van der Waals surface area contributed by atoms with Gasteiger partial charge in [-0.1, -0.05) is 5.16 Å². The molecule has 1 aliphatic heterocycles. The van der Waals surface area contributed by atoms with Crippen molar-refractivity contribution in [3.63, 3.8) is 0 Å². The first-order valence-electron chi connectivity index (χ1n) is 7.20. The third kappa shape index (κ3) is 3.98. The Morgan fingerprint density at radius 2 is 2.19 bits per heavy atom. The SMILES string of the molecule is Cc1nc(CN2CCC(COc3cnccn3)CC2)no1. The number of hydrogen-bond donors (Lipinski definition) is 0. The average Bonchev–Trinajstić information content (AvgIpc) is 2.93. The molecule has 3 heterocycles. The maximum absolute atomic E-state index is 5.67. The Morgan fingerprint density at radius 3 is 2.86 bits per heavy atom. The molecule has 2 aromatic rings. The normalized spacial score (nSPS) is 17.0. The van der Waals surface area contributed by atoms with E-state index in [-0.39, 0.29) is 0 Å².